The van der Waals surface area contributed by atoms with Gasteiger partial charge in [-0.05, 0) is 30.7 Å². The average molecular weight is 353 g/mol. The summed E-state index contributed by atoms with van der Waals surface area (Å²) in [6.07, 6.45) is 5.20. The third kappa shape index (κ3) is 4.29. The summed E-state index contributed by atoms with van der Waals surface area (Å²) in [4.78, 5) is 3.74. The van der Waals surface area contributed by atoms with Gasteiger partial charge >= 0.3 is 0 Å². The molecule has 21 heavy (non-hydrogen) atoms. The van der Waals surface area contributed by atoms with E-state index in [0.717, 1.165) is 25.7 Å². The van der Waals surface area contributed by atoms with Gasteiger partial charge in [-0.15, -0.1) is 0 Å². The van der Waals surface area contributed by atoms with Gasteiger partial charge in [0.2, 0.25) is 10.0 Å². The first kappa shape index (κ1) is 17.0. The molecule has 2 unspecified atom stereocenters. The number of aliphatic hydroxyl groups excluding tert-OH is 1. The molecule has 1 aliphatic rings. The van der Waals surface area contributed by atoms with Crippen molar-refractivity contribution in [3.63, 3.8) is 0 Å². The molecule has 1 aliphatic carbocycles. The summed E-state index contributed by atoms with van der Waals surface area (Å²) < 4.78 is 27.0. The Morgan fingerprint density at radius 3 is 2.57 bits per heavy atom. The van der Waals surface area contributed by atoms with Crippen LogP contribution in [0.3, 0.4) is 0 Å². The van der Waals surface area contributed by atoms with Crippen molar-refractivity contribution in [3.05, 3.63) is 22.4 Å². The molecule has 1 aromatic rings. The molecule has 0 spiro atoms. The minimum Gasteiger partial charge on any atom is -0.396 e. The molecule has 118 valence electrons. The first-order chi connectivity index (χ1) is 9.94. The highest BCUT2D eigenvalue weighted by Gasteiger charge is 2.26. The molecule has 0 bridgehead atoms. The maximum Gasteiger partial charge on any atom is 0.242 e. The predicted molar refractivity (Wildman–Crippen MR) is 82.0 cm³/mol. The Morgan fingerprint density at radius 1 is 1.29 bits per heavy atom. The summed E-state index contributed by atoms with van der Waals surface area (Å²) >= 11 is 11.5. The van der Waals surface area contributed by atoms with Crippen LogP contribution in [0, 0.1) is 11.8 Å². The fraction of sp³-hybridized carbons (Fsp3) is 0.615. The summed E-state index contributed by atoms with van der Waals surface area (Å²) in [7, 11) is -3.67. The number of aromatic nitrogens is 1. The van der Waals surface area contributed by atoms with Crippen molar-refractivity contribution in [2.75, 3.05) is 13.2 Å². The zero-order chi connectivity index (χ0) is 15.5. The highest BCUT2D eigenvalue weighted by molar-refractivity contribution is 7.89. The van der Waals surface area contributed by atoms with Crippen LogP contribution in [-0.4, -0.2) is 31.7 Å². The van der Waals surface area contributed by atoms with E-state index in [2.05, 4.69) is 9.71 Å². The summed E-state index contributed by atoms with van der Waals surface area (Å²) in [6.45, 7) is 0.411. The lowest BCUT2D eigenvalue weighted by Gasteiger charge is -2.30. The molecule has 2 N–H and O–H groups in total. The summed E-state index contributed by atoms with van der Waals surface area (Å²) in [5.41, 5.74) is 0. The van der Waals surface area contributed by atoms with E-state index >= 15 is 0 Å². The SMILES string of the molecule is O=S(=O)(NCC1CCCCC1CO)c1cnc(Cl)c(Cl)c1. The number of nitrogens with zero attached hydrogens (tertiary/aromatic N) is 1. The lowest BCUT2D eigenvalue weighted by molar-refractivity contribution is 0.136. The highest BCUT2D eigenvalue weighted by atomic mass is 35.5. The first-order valence-electron chi connectivity index (χ1n) is 6.85. The number of sulfonamides is 1. The fourth-order valence-electron chi connectivity index (χ4n) is 2.64. The van der Waals surface area contributed by atoms with Crippen LogP contribution >= 0.6 is 23.2 Å². The molecule has 1 aromatic heterocycles. The molecule has 0 radical (unpaired) electrons. The smallest absolute Gasteiger partial charge is 0.242 e. The number of hydrogen-bond donors (Lipinski definition) is 2. The van der Waals surface area contributed by atoms with E-state index in [4.69, 9.17) is 23.2 Å². The van der Waals surface area contributed by atoms with Crippen molar-refractivity contribution in [3.8, 4) is 0 Å². The fourth-order valence-corrected chi connectivity index (χ4v) is 4.04. The molecule has 0 saturated heterocycles. The molecule has 2 rings (SSSR count). The van der Waals surface area contributed by atoms with Crippen molar-refractivity contribution in [1.29, 1.82) is 0 Å². The molecule has 0 aliphatic heterocycles. The molecular weight excluding hydrogens is 335 g/mol. The van der Waals surface area contributed by atoms with E-state index in [9.17, 15) is 13.5 Å². The second kappa shape index (κ2) is 7.24. The topological polar surface area (TPSA) is 79.3 Å². The van der Waals surface area contributed by atoms with Gasteiger partial charge in [-0.25, -0.2) is 18.1 Å². The molecule has 1 saturated carbocycles. The lowest BCUT2D eigenvalue weighted by Crippen LogP contribution is -2.35. The van der Waals surface area contributed by atoms with Gasteiger partial charge < -0.3 is 5.11 Å². The quantitative estimate of drug-likeness (QED) is 0.797. The van der Waals surface area contributed by atoms with Crippen molar-refractivity contribution in [1.82, 2.24) is 9.71 Å². The lowest BCUT2D eigenvalue weighted by atomic mass is 9.80. The van der Waals surface area contributed by atoms with Gasteiger partial charge in [0.1, 0.15) is 10.0 Å². The van der Waals surface area contributed by atoms with E-state index in [-0.39, 0.29) is 33.5 Å². The second-order valence-corrected chi connectivity index (χ2v) is 7.81. The Hall–Kier alpha value is -0.400. The second-order valence-electron chi connectivity index (χ2n) is 5.28. The number of aliphatic hydroxyl groups is 1. The van der Waals surface area contributed by atoms with Gasteiger partial charge in [0.25, 0.3) is 0 Å². The zero-order valence-electron chi connectivity index (χ0n) is 11.4. The summed E-state index contributed by atoms with van der Waals surface area (Å²) in [5, 5.41) is 9.53. The van der Waals surface area contributed by atoms with Crippen LogP contribution in [0.5, 0.6) is 0 Å². The molecule has 0 amide bonds. The molecule has 0 aromatic carbocycles. The first-order valence-corrected chi connectivity index (χ1v) is 9.09. The van der Waals surface area contributed by atoms with Crippen molar-refractivity contribution >= 4 is 33.2 Å². The molecular formula is C13H18Cl2N2O3S. The van der Waals surface area contributed by atoms with E-state index in [1.807, 2.05) is 0 Å². The highest BCUT2D eigenvalue weighted by Crippen LogP contribution is 2.29. The minimum absolute atomic E-state index is 0.00624. The van der Waals surface area contributed by atoms with Crippen LogP contribution in [-0.2, 0) is 10.0 Å². The molecule has 8 heteroatoms. The standard InChI is InChI=1S/C13H18Cl2N2O3S/c14-12-5-11(7-16-13(12)15)21(19,20)17-6-9-3-1-2-4-10(9)8-18/h5,7,9-10,17-18H,1-4,6,8H2. The minimum atomic E-state index is -3.67. The van der Waals surface area contributed by atoms with Crippen LogP contribution in [0.2, 0.25) is 10.2 Å². The van der Waals surface area contributed by atoms with Crippen molar-refractivity contribution < 1.29 is 13.5 Å². The summed E-state index contributed by atoms with van der Waals surface area (Å²) in [5.74, 6) is 0.322. The largest absolute Gasteiger partial charge is 0.396 e. The predicted octanol–water partition coefficient (Wildman–Crippen LogP) is 2.47. The van der Waals surface area contributed by atoms with Crippen LogP contribution in [0.1, 0.15) is 25.7 Å². The van der Waals surface area contributed by atoms with Gasteiger partial charge in [-0.3, -0.25) is 0 Å². The number of halogens is 2. The molecule has 5 nitrogen and oxygen atoms in total. The Labute approximate surface area is 134 Å². The van der Waals surface area contributed by atoms with E-state index < -0.39 is 10.0 Å². The number of hydrogen-bond acceptors (Lipinski definition) is 4. The van der Waals surface area contributed by atoms with Gasteiger partial charge in [-0.1, -0.05) is 36.0 Å². The monoisotopic (exact) mass is 352 g/mol. The molecule has 1 fully saturated rings. The Kier molecular flexibility index (Phi) is 5.85. The Morgan fingerprint density at radius 2 is 1.95 bits per heavy atom. The van der Waals surface area contributed by atoms with Crippen LogP contribution < -0.4 is 4.72 Å². The maximum absolute atomic E-state index is 12.2. The van der Waals surface area contributed by atoms with Crippen molar-refractivity contribution in [2.45, 2.75) is 30.6 Å². The summed E-state index contributed by atoms with van der Waals surface area (Å²) in [6, 6.07) is 1.28. The number of nitrogens with one attached hydrogen (secondary N) is 1. The maximum atomic E-state index is 12.2. The molecule has 1 heterocycles. The number of pyridine rings is 1. The van der Waals surface area contributed by atoms with Crippen LogP contribution in [0.15, 0.2) is 17.2 Å². The zero-order valence-corrected chi connectivity index (χ0v) is 13.8. The average Bonchev–Trinajstić information content (AvgIpc) is 2.48. The van der Waals surface area contributed by atoms with E-state index in [1.165, 1.54) is 12.3 Å². The normalized spacial score (nSPS) is 23.2. The van der Waals surface area contributed by atoms with Crippen molar-refractivity contribution in [2.24, 2.45) is 11.8 Å². The third-order valence-corrected chi connectivity index (χ3v) is 5.99. The third-order valence-electron chi connectivity index (χ3n) is 3.92. The van der Waals surface area contributed by atoms with E-state index in [1.54, 1.807) is 0 Å². The van der Waals surface area contributed by atoms with Gasteiger partial charge in [0.15, 0.2) is 0 Å². The Balaban J connectivity index is 2.05. The van der Waals surface area contributed by atoms with Crippen LogP contribution in [0.4, 0.5) is 0 Å². The van der Waals surface area contributed by atoms with Gasteiger partial charge in [0.05, 0.1) is 5.02 Å². The van der Waals surface area contributed by atoms with E-state index in [0.29, 0.717) is 6.54 Å². The Bertz CT molecular complexity index is 595. The molecule has 2 atom stereocenters. The van der Waals surface area contributed by atoms with Gasteiger partial charge in [-0.2, -0.15) is 0 Å². The van der Waals surface area contributed by atoms with Gasteiger partial charge in [0, 0.05) is 19.3 Å². The number of rotatable bonds is 5. The van der Waals surface area contributed by atoms with Crippen LogP contribution in [0.25, 0.3) is 0 Å².